The SMILES string of the molecule is C=C/C=C\C=C/C.CC.[B]c1c([B])c(O)c(N(C(=C)/C=C2\C(=C/C)c3ccccc3C2/C(=C/C=C\C=C)OC)C(/C=C\C)=C/C(C)c2ccc3c(c2)C(C)(C)CC32CC(C)(C)c3ccccc32)c(O)c1O. The number of rotatable bonds is 13. The second-order valence-corrected chi connectivity index (χ2v) is 19.3. The lowest BCUT2D eigenvalue weighted by Gasteiger charge is -2.31. The van der Waals surface area contributed by atoms with Gasteiger partial charge in [-0.2, -0.15) is 0 Å². The van der Waals surface area contributed by atoms with E-state index < -0.39 is 17.2 Å². The molecule has 4 radical (unpaired) electrons. The van der Waals surface area contributed by atoms with E-state index in [4.69, 9.17) is 20.4 Å². The molecule has 0 bridgehead atoms. The summed E-state index contributed by atoms with van der Waals surface area (Å²) >= 11 is 0. The Morgan fingerprint density at radius 3 is 1.96 bits per heavy atom. The van der Waals surface area contributed by atoms with Crippen molar-refractivity contribution in [2.24, 2.45) is 0 Å². The molecular formula is C64H73B2NO4. The molecule has 0 saturated heterocycles. The van der Waals surface area contributed by atoms with Gasteiger partial charge in [-0.05, 0) is 113 Å². The third-order valence-electron chi connectivity index (χ3n) is 13.8. The van der Waals surface area contributed by atoms with Gasteiger partial charge in [-0.1, -0.05) is 213 Å². The highest BCUT2D eigenvalue weighted by Gasteiger charge is 2.56. The predicted molar refractivity (Wildman–Crippen MR) is 305 cm³/mol. The summed E-state index contributed by atoms with van der Waals surface area (Å²) < 4.78 is 6.06. The zero-order chi connectivity index (χ0) is 52.4. The summed E-state index contributed by atoms with van der Waals surface area (Å²) in [4.78, 5) is 1.63. The number of phenolic OH excluding ortho intramolecular Hbond substituents is 3. The summed E-state index contributed by atoms with van der Waals surface area (Å²) in [6.07, 6.45) is 28.8. The van der Waals surface area contributed by atoms with Gasteiger partial charge in [0, 0.05) is 22.7 Å². The molecule has 3 aliphatic rings. The quantitative estimate of drug-likeness (QED) is 0.0409. The van der Waals surface area contributed by atoms with Crippen LogP contribution in [0.25, 0.3) is 5.57 Å². The van der Waals surface area contributed by atoms with Gasteiger partial charge >= 0.3 is 0 Å². The highest BCUT2D eigenvalue weighted by molar-refractivity contribution is 6.51. The lowest BCUT2D eigenvalue weighted by Crippen LogP contribution is -2.30. The number of allylic oxidation sites excluding steroid dienone is 16. The highest BCUT2D eigenvalue weighted by atomic mass is 16.5. The minimum atomic E-state index is -0.640. The van der Waals surface area contributed by atoms with E-state index >= 15 is 0 Å². The molecule has 0 saturated carbocycles. The summed E-state index contributed by atoms with van der Waals surface area (Å²) in [5.74, 6) is -1.56. The van der Waals surface area contributed by atoms with Crippen molar-refractivity contribution in [1.29, 1.82) is 0 Å². The lowest BCUT2D eigenvalue weighted by atomic mass is 9.72. The first-order valence-corrected chi connectivity index (χ1v) is 24.7. The standard InChI is InChI=1S/C55H57B2NO4.C7H10.C2H6/c1-11-14-15-25-45(62-10)46-39-22-17-16-21-38(39)37(13-3)40(46)29-34(5)58(49-50(59)47(56)48(57)51(60)52(49)61)36(20-12-2)28-33(4)35-26-27-43-44(30-35)54(8,9)32-55(43)31-53(6,7)41-23-18-19-24-42(41)55;1-3-5-7-6-4-2;1-2/h11-30,33,46,59-61H,1,5,31-32H2,2-4,6-10H3;3-7H,1H2,2H3;1-2H3/b15-14-,20-12-,36-28+,37-13-,40-29+,45-25-;6-4-,7-5-;. The Hall–Kier alpha value is -6.85. The van der Waals surface area contributed by atoms with Crippen LogP contribution in [-0.4, -0.2) is 38.1 Å². The van der Waals surface area contributed by atoms with Gasteiger partial charge < -0.3 is 25.0 Å². The van der Waals surface area contributed by atoms with Crippen LogP contribution < -0.4 is 15.8 Å². The molecule has 7 rings (SSSR count). The van der Waals surface area contributed by atoms with Gasteiger partial charge in [0.05, 0.1) is 13.0 Å². The molecule has 7 heteroatoms. The third-order valence-corrected chi connectivity index (χ3v) is 13.8. The summed E-state index contributed by atoms with van der Waals surface area (Å²) in [6.45, 7) is 33.4. The van der Waals surface area contributed by atoms with Gasteiger partial charge in [-0.25, -0.2) is 0 Å². The first-order chi connectivity index (χ1) is 33.9. The number of phenols is 3. The molecule has 0 amide bonds. The molecule has 4 aromatic carbocycles. The molecule has 3 unspecified atom stereocenters. The Bertz CT molecular complexity index is 2870. The molecule has 3 atom stereocenters. The van der Waals surface area contributed by atoms with Gasteiger partial charge in [0.25, 0.3) is 0 Å². The van der Waals surface area contributed by atoms with E-state index in [9.17, 15) is 15.3 Å². The Balaban J connectivity index is 0.000000958. The molecule has 0 fully saturated rings. The molecule has 3 aliphatic carbocycles. The summed E-state index contributed by atoms with van der Waals surface area (Å²) in [6, 6.07) is 24.1. The maximum atomic E-state index is 11.8. The Morgan fingerprint density at radius 1 is 0.746 bits per heavy atom. The zero-order valence-electron chi connectivity index (χ0n) is 44.0. The monoisotopic (exact) mass is 942 g/mol. The van der Waals surface area contributed by atoms with Crippen LogP contribution in [0.3, 0.4) is 0 Å². The van der Waals surface area contributed by atoms with E-state index in [0.717, 1.165) is 40.7 Å². The van der Waals surface area contributed by atoms with Crippen LogP contribution in [0.5, 0.6) is 17.2 Å². The number of benzene rings is 4. The molecule has 0 aliphatic heterocycles. The van der Waals surface area contributed by atoms with Gasteiger partial charge in [0.15, 0.2) is 11.5 Å². The van der Waals surface area contributed by atoms with Crippen molar-refractivity contribution in [2.75, 3.05) is 12.0 Å². The third kappa shape index (κ3) is 10.8. The molecule has 364 valence electrons. The van der Waals surface area contributed by atoms with E-state index in [1.165, 1.54) is 22.3 Å². The van der Waals surface area contributed by atoms with Crippen LogP contribution >= 0.6 is 0 Å². The van der Waals surface area contributed by atoms with E-state index in [-0.39, 0.29) is 44.7 Å². The maximum Gasteiger partial charge on any atom is 0.185 e. The van der Waals surface area contributed by atoms with E-state index in [1.54, 1.807) is 24.2 Å². The van der Waals surface area contributed by atoms with Crippen molar-refractivity contribution in [1.82, 2.24) is 0 Å². The normalized spacial score (nSPS) is 20.2. The molecule has 1 spiro atoms. The number of ether oxygens (including phenoxy) is 1. The second-order valence-electron chi connectivity index (χ2n) is 19.3. The van der Waals surface area contributed by atoms with Crippen molar-refractivity contribution in [3.8, 4) is 17.2 Å². The van der Waals surface area contributed by atoms with Crippen molar-refractivity contribution in [3.05, 3.63) is 233 Å². The minimum Gasteiger partial charge on any atom is -0.506 e. The Labute approximate surface area is 428 Å². The first kappa shape index (κ1) is 55.1. The number of nitrogens with zero attached hydrogens (tertiary/aromatic N) is 1. The van der Waals surface area contributed by atoms with Crippen molar-refractivity contribution < 1.29 is 20.1 Å². The van der Waals surface area contributed by atoms with Gasteiger partial charge in [0.2, 0.25) is 0 Å². The van der Waals surface area contributed by atoms with Gasteiger partial charge in [-0.3, -0.25) is 0 Å². The van der Waals surface area contributed by atoms with Crippen LogP contribution in [0.4, 0.5) is 5.69 Å². The van der Waals surface area contributed by atoms with Gasteiger partial charge in [0.1, 0.15) is 32.9 Å². The second kappa shape index (κ2) is 23.4. The van der Waals surface area contributed by atoms with Crippen molar-refractivity contribution in [2.45, 2.75) is 110 Å². The average Bonchev–Trinajstić information content (AvgIpc) is 3.89. The van der Waals surface area contributed by atoms with Crippen molar-refractivity contribution >= 4 is 37.9 Å². The molecular weight excluding hydrogens is 868 g/mol. The molecule has 3 N–H and O–H groups in total. The van der Waals surface area contributed by atoms with Crippen LogP contribution in [-0.2, 0) is 21.0 Å². The minimum absolute atomic E-state index is 0.0571. The first-order valence-electron chi connectivity index (χ1n) is 24.7. The molecule has 0 heterocycles. The van der Waals surface area contributed by atoms with Crippen LogP contribution in [0.2, 0.25) is 0 Å². The number of hydrogen-bond acceptors (Lipinski definition) is 5. The summed E-state index contributed by atoms with van der Waals surface area (Å²) in [5, 5.41) is 34.6. The highest BCUT2D eigenvalue weighted by Crippen LogP contribution is 2.63. The van der Waals surface area contributed by atoms with Crippen LogP contribution in [0.15, 0.2) is 194 Å². The zero-order valence-corrected chi connectivity index (χ0v) is 44.0. The molecule has 71 heavy (non-hydrogen) atoms. The van der Waals surface area contributed by atoms with E-state index in [2.05, 4.69) is 121 Å². The fourth-order valence-corrected chi connectivity index (χ4v) is 11.0. The molecule has 4 aromatic rings. The van der Waals surface area contributed by atoms with Gasteiger partial charge in [-0.15, -0.1) is 0 Å². The topological polar surface area (TPSA) is 73.2 Å². The Kier molecular flexibility index (Phi) is 18.1. The Morgan fingerprint density at radius 2 is 1.34 bits per heavy atom. The van der Waals surface area contributed by atoms with Crippen molar-refractivity contribution in [3.63, 3.8) is 0 Å². The number of aromatic hydroxyl groups is 3. The molecule has 5 nitrogen and oxygen atoms in total. The smallest absolute Gasteiger partial charge is 0.185 e. The number of fused-ring (bicyclic) bond motifs is 5. The van der Waals surface area contributed by atoms with E-state index in [1.807, 2.05) is 108 Å². The number of hydrogen-bond donors (Lipinski definition) is 3. The number of methoxy groups -OCH3 is 1. The fraction of sp³-hybridized carbons (Fsp3) is 0.281. The largest absolute Gasteiger partial charge is 0.506 e. The number of anilines is 1. The van der Waals surface area contributed by atoms with Crippen LogP contribution in [0, 0.1) is 0 Å². The predicted octanol–water partition coefficient (Wildman–Crippen LogP) is 14.4. The average molecular weight is 942 g/mol. The summed E-state index contributed by atoms with van der Waals surface area (Å²) in [5.41, 5.74) is 10.8. The fourth-order valence-electron chi connectivity index (χ4n) is 11.0. The maximum absolute atomic E-state index is 11.8. The van der Waals surface area contributed by atoms with E-state index in [0.29, 0.717) is 17.2 Å². The summed E-state index contributed by atoms with van der Waals surface area (Å²) in [7, 11) is 14.1. The van der Waals surface area contributed by atoms with Crippen LogP contribution in [0.1, 0.15) is 133 Å². The lowest BCUT2D eigenvalue weighted by molar-refractivity contribution is 0.273. The molecule has 0 aromatic heterocycles.